The van der Waals surface area contributed by atoms with Gasteiger partial charge in [0.1, 0.15) is 0 Å². The molecule has 0 saturated heterocycles. The van der Waals surface area contributed by atoms with Gasteiger partial charge in [-0.15, -0.1) is 0 Å². The first-order valence-electron chi connectivity index (χ1n) is 6.48. The Morgan fingerprint density at radius 3 is 2.25 bits per heavy atom. The molecule has 0 radical (unpaired) electrons. The van der Waals surface area contributed by atoms with Crippen molar-refractivity contribution < 1.29 is 0 Å². The summed E-state index contributed by atoms with van der Waals surface area (Å²) in [4.78, 5) is 0.528. The summed E-state index contributed by atoms with van der Waals surface area (Å²) >= 11 is 3.88. The number of benzene rings is 1. The monoisotopic (exact) mass is 282 g/mol. The van der Waals surface area contributed by atoms with E-state index in [0.29, 0.717) is 4.83 Å². The predicted octanol–water partition coefficient (Wildman–Crippen LogP) is 5.73. The number of rotatable bonds is 7. The first-order valence-corrected chi connectivity index (χ1v) is 7.40. The Labute approximate surface area is 109 Å². The third kappa shape index (κ3) is 4.29. The van der Waals surface area contributed by atoms with Gasteiger partial charge >= 0.3 is 0 Å². The van der Waals surface area contributed by atoms with Crippen molar-refractivity contribution >= 4 is 15.9 Å². The quantitative estimate of drug-likeness (QED) is 0.561. The van der Waals surface area contributed by atoms with Crippen molar-refractivity contribution in [3.63, 3.8) is 0 Å². The second-order valence-corrected chi connectivity index (χ2v) is 5.49. The van der Waals surface area contributed by atoms with Crippen molar-refractivity contribution in [1.29, 1.82) is 0 Å². The van der Waals surface area contributed by atoms with Gasteiger partial charge in [0.05, 0.1) is 0 Å². The molecule has 0 heterocycles. The van der Waals surface area contributed by atoms with Crippen LogP contribution in [0.3, 0.4) is 0 Å². The van der Waals surface area contributed by atoms with Crippen LogP contribution in [0.15, 0.2) is 30.3 Å². The standard InChI is InChI=1S/C15H23Br/c1-3-5-10-13(9-4-2)15(16)14-11-7-6-8-12-14/h6-8,11-13,15H,3-5,9-10H2,1-2H3. The van der Waals surface area contributed by atoms with Gasteiger partial charge < -0.3 is 0 Å². The molecule has 0 aliphatic rings. The molecule has 90 valence electrons. The summed E-state index contributed by atoms with van der Waals surface area (Å²) in [5, 5.41) is 0. The Morgan fingerprint density at radius 1 is 1.00 bits per heavy atom. The minimum atomic E-state index is 0.528. The highest BCUT2D eigenvalue weighted by molar-refractivity contribution is 9.09. The fourth-order valence-corrected chi connectivity index (χ4v) is 3.02. The number of unbranched alkanes of at least 4 members (excludes halogenated alkanes) is 1. The van der Waals surface area contributed by atoms with Crippen LogP contribution in [0.1, 0.15) is 56.3 Å². The van der Waals surface area contributed by atoms with E-state index in [4.69, 9.17) is 0 Å². The van der Waals surface area contributed by atoms with Crippen LogP contribution in [-0.4, -0.2) is 0 Å². The minimum Gasteiger partial charge on any atom is -0.0836 e. The Hall–Kier alpha value is -0.300. The molecule has 0 N–H and O–H groups in total. The number of halogens is 1. The van der Waals surface area contributed by atoms with Crippen molar-refractivity contribution in [2.24, 2.45) is 5.92 Å². The summed E-state index contributed by atoms with van der Waals surface area (Å²) in [7, 11) is 0. The Balaban J connectivity index is 2.62. The topological polar surface area (TPSA) is 0 Å². The van der Waals surface area contributed by atoms with E-state index in [1.165, 1.54) is 37.7 Å². The zero-order valence-electron chi connectivity index (χ0n) is 10.5. The van der Waals surface area contributed by atoms with Crippen molar-refractivity contribution in [3.8, 4) is 0 Å². The lowest BCUT2D eigenvalue weighted by Crippen LogP contribution is -2.07. The van der Waals surface area contributed by atoms with E-state index in [2.05, 4.69) is 60.1 Å². The summed E-state index contributed by atoms with van der Waals surface area (Å²) in [6.45, 7) is 4.55. The molecule has 0 bridgehead atoms. The Kier molecular flexibility index (Phi) is 6.79. The summed E-state index contributed by atoms with van der Waals surface area (Å²) in [5.74, 6) is 0.785. The lowest BCUT2D eigenvalue weighted by Gasteiger charge is -2.22. The van der Waals surface area contributed by atoms with Crippen LogP contribution in [0, 0.1) is 5.92 Å². The first-order chi connectivity index (χ1) is 7.79. The molecule has 0 spiro atoms. The van der Waals surface area contributed by atoms with E-state index in [9.17, 15) is 0 Å². The van der Waals surface area contributed by atoms with Gasteiger partial charge in [-0.3, -0.25) is 0 Å². The van der Waals surface area contributed by atoms with Gasteiger partial charge in [0, 0.05) is 4.83 Å². The Bertz CT molecular complexity index is 268. The van der Waals surface area contributed by atoms with Crippen LogP contribution in [0.25, 0.3) is 0 Å². The van der Waals surface area contributed by atoms with Crippen molar-refractivity contribution in [1.82, 2.24) is 0 Å². The van der Waals surface area contributed by atoms with Crippen LogP contribution in [0.2, 0.25) is 0 Å². The third-order valence-corrected chi connectivity index (χ3v) is 4.40. The van der Waals surface area contributed by atoms with Crippen LogP contribution in [0.5, 0.6) is 0 Å². The minimum absolute atomic E-state index is 0.528. The van der Waals surface area contributed by atoms with E-state index in [1.807, 2.05) is 0 Å². The highest BCUT2D eigenvalue weighted by Crippen LogP contribution is 2.36. The summed E-state index contributed by atoms with van der Waals surface area (Å²) < 4.78 is 0. The molecule has 1 aromatic carbocycles. The average Bonchev–Trinajstić information content (AvgIpc) is 2.35. The lowest BCUT2D eigenvalue weighted by atomic mass is 9.90. The van der Waals surface area contributed by atoms with Gasteiger partial charge in [0.15, 0.2) is 0 Å². The molecule has 0 aliphatic heterocycles. The van der Waals surface area contributed by atoms with E-state index < -0.39 is 0 Å². The summed E-state index contributed by atoms with van der Waals surface area (Å²) in [6, 6.07) is 10.8. The van der Waals surface area contributed by atoms with Crippen LogP contribution >= 0.6 is 15.9 Å². The number of hydrogen-bond donors (Lipinski definition) is 0. The molecule has 0 amide bonds. The molecular formula is C15H23Br. The molecule has 1 heteroatoms. The van der Waals surface area contributed by atoms with Gasteiger partial charge in [-0.2, -0.15) is 0 Å². The molecule has 0 aliphatic carbocycles. The maximum absolute atomic E-state index is 3.88. The smallest absolute Gasteiger partial charge is 0.0423 e. The van der Waals surface area contributed by atoms with Gasteiger partial charge in [0.2, 0.25) is 0 Å². The van der Waals surface area contributed by atoms with E-state index in [-0.39, 0.29) is 0 Å². The zero-order chi connectivity index (χ0) is 11.8. The molecule has 2 unspecified atom stereocenters. The second-order valence-electron chi connectivity index (χ2n) is 4.50. The highest BCUT2D eigenvalue weighted by Gasteiger charge is 2.18. The maximum atomic E-state index is 3.88. The second kappa shape index (κ2) is 7.89. The molecule has 0 nitrogen and oxygen atoms in total. The largest absolute Gasteiger partial charge is 0.0836 e. The third-order valence-electron chi connectivity index (χ3n) is 3.12. The molecular weight excluding hydrogens is 260 g/mol. The summed E-state index contributed by atoms with van der Waals surface area (Å²) in [6.07, 6.45) is 6.59. The fraction of sp³-hybridized carbons (Fsp3) is 0.600. The van der Waals surface area contributed by atoms with E-state index >= 15 is 0 Å². The van der Waals surface area contributed by atoms with Crippen LogP contribution < -0.4 is 0 Å². The molecule has 1 rings (SSSR count). The van der Waals surface area contributed by atoms with E-state index in [0.717, 1.165) is 5.92 Å². The lowest BCUT2D eigenvalue weighted by molar-refractivity contribution is 0.424. The number of alkyl halides is 1. The average molecular weight is 283 g/mol. The fourth-order valence-electron chi connectivity index (χ4n) is 2.18. The zero-order valence-corrected chi connectivity index (χ0v) is 12.0. The normalized spacial score (nSPS) is 14.7. The SMILES string of the molecule is CCCCC(CCC)C(Br)c1ccccc1. The van der Waals surface area contributed by atoms with Gasteiger partial charge in [-0.1, -0.05) is 79.4 Å². The molecule has 1 aromatic rings. The molecule has 0 fully saturated rings. The van der Waals surface area contributed by atoms with E-state index in [1.54, 1.807) is 0 Å². The molecule has 0 saturated carbocycles. The number of hydrogen-bond acceptors (Lipinski definition) is 0. The van der Waals surface area contributed by atoms with Gasteiger partial charge in [0.25, 0.3) is 0 Å². The first kappa shape index (κ1) is 13.8. The highest BCUT2D eigenvalue weighted by atomic mass is 79.9. The summed E-state index contributed by atoms with van der Waals surface area (Å²) in [5.41, 5.74) is 1.43. The molecule has 2 atom stereocenters. The molecule has 0 aromatic heterocycles. The van der Waals surface area contributed by atoms with Crippen LogP contribution in [0.4, 0.5) is 0 Å². The van der Waals surface area contributed by atoms with Crippen LogP contribution in [-0.2, 0) is 0 Å². The van der Waals surface area contributed by atoms with Gasteiger partial charge in [-0.05, 0) is 24.3 Å². The predicted molar refractivity (Wildman–Crippen MR) is 76.0 cm³/mol. The molecule has 16 heavy (non-hydrogen) atoms. The Morgan fingerprint density at radius 2 is 1.69 bits per heavy atom. The maximum Gasteiger partial charge on any atom is 0.0423 e. The van der Waals surface area contributed by atoms with Crippen molar-refractivity contribution in [2.75, 3.05) is 0 Å². The van der Waals surface area contributed by atoms with Crippen molar-refractivity contribution in [2.45, 2.75) is 50.8 Å². The van der Waals surface area contributed by atoms with Crippen molar-refractivity contribution in [3.05, 3.63) is 35.9 Å². The van der Waals surface area contributed by atoms with Gasteiger partial charge in [-0.25, -0.2) is 0 Å².